The molecule has 0 aromatic heterocycles. The van der Waals surface area contributed by atoms with Crippen LogP contribution in [0.25, 0.3) is 0 Å². The van der Waals surface area contributed by atoms with Crippen molar-refractivity contribution in [3.8, 4) is 0 Å². The van der Waals surface area contributed by atoms with Gasteiger partial charge in [-0.3, -0.25) is 0 Å². The molecule has 1 aliphatic rings. The van der Waals surface area contributed by atoms with Crippen LogP contribution in [0.2, 0.25) is 0 Å². The lowest BCUT2D eigenvalue weighted by molar-refractivity contribution is 0.0873. The van der Waals surface area contributed by atoms with Gasteiger partial charge in [-0.2, -0.15) is 5.48 Å². The van der Waals surface area contributed by atoms with E-state index in [0.717, 1.165) is 12.8 Å². The van der Waals surface area contributed by atoms with Crippen molar-refractivity contribution in [2.45, 2.75) is 38.3 Å². The van der Waals surface area contributed by atoms with Crippen LogP contribution in [0.3, 0.4) is 0 Å². The molecule has 1 atom stereocenters. The minimum atomic E-state index is -0.208. The summed E-state index contributed by atoms with van der Waals surface area (Å²) in [5.74, 6) is 0.485. The van der Waals surface area contributed by atoms with Crippen molar-refractivity contribution < 1.29 is 5.21 Å². The SMILES string of the molecule is NC(NO)C1CCCCC1. The minimum Gasteiger partial charge on any atom is -0.315 e. The van der Waals surface area contributed by atoms with Crippen molar-refractivity contribution in [3.63, 3.8) is 0 Å². The molecule has 0 aliphatic heterocycles. The standard InChI is InChI=1S/C7H16N2O/c8-7(9-10)6-4-2-1-3-5-6/h6-7,9-10H,1-5,8H2. The summed E-state index contributed by atoms with van der Waals surface area (Å²) in [5, 5.41) is 8.51. The maximum atomic E-state index is 8.51. The van der Waals surface area contributed by atoms with E-state index in [-0.39, 0.29) is 6.17 Å². The number of rotatable bonds is 2. The van der Waals surface area contributed by atoms with Crippen molar-refractivity contribution in [1.29, 1.82) is 0 Å². The summed E-state index contributed by atoms with van der Waals surface area (Å²) in [4.78, 5) is 0. The second-order valence-corrected chi connectivity index (χ2v) is 3.05. The van der Waals surface area contributed by atoms with Gasteiger partial charge in [-0.15, -0.1) is 0 Å². The lowest BCUT2D eigenvalue weighted by Crippen LogP contribution is -2.42. The summed E-state index contributed by atoms with van der Waals surface area (Å²) in [5.41, 5.74) is 7.70. The molecule has 0 bridgehead atoms. The number of nitrogens with two attached hydrogens (primary N) is 1. The second-order valence-electron chi connectivity index (χ2n) is 3.05. The fourth-order valence-electron chi connectivity index (χ4n) is 1.60. The molecular formula is C7H16N2O. The molecule has 0 aromatic rings. The zero-order chi connectivity index (χ0) is 7.40. The Labute approximate surface area is 61.6 Å². The van der Waals surface area contributed by atoms with E-state index >= 15 is 0 Å². The van der Waals surface area contributed by atoms with Gasteiger partial charge in [0.1, 0.15) is 0 Å². The van der Waals surface area contributed by atoms with Gasteiger partial charge in [-0.05, 0) is 18.8 Å². The summed E-state index contributed by atoms with van der Waals surface area (Å²) in [6.07, 6.45) is 5.97. The van der Waals surface area contributed by atoms with Gasteiger partial charge in [-0.25, -0.2) is 0 Å². The van der Waals surface area contributed by atoms with E-state index in [2.05, 4.69) is 5.48 Å². The maximum Gasteiger partial charge on any atom is 0.0813 e. The topological polar surface area (TPSA) is 58.3 Å². The Morgan fingerprint density at radius 1 is 1.30 bits per heavy atom. The maximum absolute atomic E-state index is 8.51. The smallest absolute Gasteiger partial charge is 0.0813 e. The molecule has 1 saturated carbocycles. The number of hydrogen-bond acceptors (Lipinski definition) is 3. The fraction of sp³-hybridized carbons (Fsp3) is 1.00. The third-order valence-corrected chi connectivity index (χ3v) is 2.31. The van der Waals surface area contributed by atoms with Gasteiger partial charge >= 0.3 is 0 Å². The average molecular weight is 144 g/mol. The predicted molar refractivity (Wildman–Crippen MR) is 39.5 cm³/mol. The molecule has 0 saturated heterocycles. The summed E-state index contributed by atoms with van der Waals surface area (Å²) < 4.78 is 0. The number of nitrogens with one attached hydrogen (secondary N) is 1. The highest BCUT2D eigenvalue weighted by Crippen LogP contribution is 2.24. The molecule has 1 aliphatic carbocycles. The van der Waals surface area contributed by atoms with Crippen molar-refractivity contribution in [3.05, 3.63) is 0 Å². The lowest BCUT2D eigenvalue weighted by Gasteiger charge is -2.25. The minimum absolute atomic E-state index is 0.208. The van der Waals surface area contributed by atoms with E-state index in [9.17, 15) is 0 Å². The molecule has 10 heavy (non-hydrogen) atoms. The zero-order valence-corrected chi connectivity index (χ0v) is 6.21. The molecule has 0 spiro atoms. The molecular weight excluding hydrogens is 128 g/mol. The van der Waals surface area contributed by atoms with E-state index in [0.29, 0.717) is 5.92 Å². The normalized spacial score (nSPS) is 24.6. The molecule has 0 aromatic carbocycles. The summed E-state index contributed by atoms with van der Waals surface area (Å²) >= 11 is 0. The first kappa shape index (κ1) is 7.98. The van der Waals surface area contributed by atoms with Crippen LogP contribution >= 0.6 is 0 Å². The zero-order valence-electron chi connectivity index (χ0n) is 6.21. The lowest BCUT2D eigenvalue weighted by atomic mass is 9.87. The summed E-state index contributed by atoms with van der Waals surface area (Å²) in [6, 6.07) is 0. The van der Waals surface area contributed by atoms with Gasteiger partial charge in [-0.1, -0.05) is 19.3 Å². The highest BCUT2D eigenvalue weighted by molar-refractivity contribution is 4.71. The monoisotopic (exact) mass is 144 g/mol. The van der Waals surface area contributed by atoms with Gasteiger partial charge in [0.15, 0.2) is 0 Å². The Hall–Kier alpha value is -0.120. The molecule has 1 fully saturated rings. The van der Waals surface area contributed by atoms with Crippen LogP contribution in [-0.2, 0) is 0 Å². The van der Waals surface area contributed by atoms with E-state index in [4.69, 9.17) is 10.9 Å². The van der Waals surface area contributed by atoms with Crippen LogP contribution in [0.1, 0.15) is 32.1 Å². The molecule has 3 nitrogen and oxygen atoms in total. The van der Waals surface area contributed by atoms with Crippen molar-refractivity contribution in [2.75, 3.05) is 0 Å². The molecule has 0 amide bonds. The molecule has 60 valence electrons. The average Bonchev–Trinajstić information content (AvgIpc) is 2.05. The van der Waals surface area contributed by atoms with Crippen LogP contribution in [0.5, 0.6) is 0 Å². The first-order valence-electron chi connectivity index (χ1n) is 4.00. The molecule has 1 rings (SSSR count). The van der Waals surface area contributed by atoms with Crippen molar-refractivity contribution in [2.24, 2.45) is 11.7 Å². The van der Waals surface area contributed by atoms with Crippen LogP contribution < -0.4 is 11.2 Å². The van der Waals surface area contributed by atoms with Crippen LogP contribution in [0, 0.1) is 5.92 Å². The third kappa shape index (κ3) is 1.94. The number of hydrogen-bond donors (Lipinski definition) is 3. The van der Waals surface area contributed by atoms with Crippen LogP contribution in [-0.4, -0.2) is 11.4 Å². The Kier molecular flexibility index (Phi) is 3.12. The Balaban J connectivity index is 2.24. The first-order valence-corrected chi connectivity index (χ1v) is 4.00. The highest BCUT2D eigenvalue weighted by Gasteiger charge is 2.19. The highest BCUT2D eigenvalue weighted by atomic mass is 16.5. The predicted octanol–water partition coefficient (Wildman–Crippen LogP) is 0.830. The van der Waals surface area contributed by atoms with E-state index in [1.807, 2.05) is 0 Å². The van der Waals surface area contributed by atoms with E-state index in [1.54, 1.807) is 0 Å². The Morgan fingerprint density at radius 2 is 1.90 bits per heavy atom. The molecule has 4 N–H and O–H groups in total. The molecule has 1 unspecified atom stereocenters. The van der Waals surface area contributed by atoms with Crippen LogP contribution in [0.15, 0.2) is 0 Å². The fourth-order valence-corrected chi connectivity index (χ4v) is 1.60. The quantitative estimate of drug-likeness (QED) is 0.397. The van der Waals surface area contributed by atoms with Crippen molar-refractivity contribution >= 4 is 0 Å². The van der Waals surface area contributed by atoms with Gasteiger partial charge in [0.05, 0.1) is 6.17 Å². The van der Waals surface area contributed by atoms with Gasteiger partial charge in [0, 0.05) is 0 Å². The van der Waals surface area contributed by atoms with E-state index in [1.165, 1.54) is 19.3 Å². The van der Waals surface area contributed by atoms with Crippen molar-refractivity contribution in [1.82, 2.24) is 5.48 Å². The largest absolute Gasteiger partial charge is 0.315 e. The Morgan fingerprint density at radius 3 is 2.40 bits per heavy atom. The van der Waals surface area contributed by atoms with Gasteiger partial charge < -0.3 is 10.9 Å². The molecule has 3 heteroatoms. The summed E-state index contributed by atoms with van der Waals surface area (Å²) in [6.45, 7) is 0. The van der Waals surface area contributed by atoms with Gasteiger partial charge in [0.25, 0.3) is 0 Å². The first-order chi connectivity index (χ1) is 4.84. The van der Waals surface area contributed by atoms with Gasteiger partial charge in [0.2, 0.25) is 0 Å². The molecule has 0 heterocycles. The summed E-state index contributed by atoms with van der Waals surface area (Å²) in [7, 11) is 0. The third-order valence-electron chi connectivity index (χ3n) is 2.31. The molecule has 0 radical (unpaired) electrons. The van der Waals surface area contributed by atoms with E-state index < -0.39 is 0 Å². The second kappa shape index (κ2) is 3.91. The van der Waals surface area contributed by atoms with Crippen LogP contribution in [0.4, 0.5) is 0 Å². The number of hydroxylamine groups is 1. The Bertz CT molecular complexity index is 91.6.